The van der Waals surface area contributed by atoms with Crippen LogP contribution in [0.3, 0.4) is 0 Å². The standard InChI is InChI=1S/C15H14N4OS/c1-19-7-6-12-10(8-19)13(14-17-18-15(21)20-14)9-4-2-3-5-11(9)16-12/h2-5H,6-8H2,1H3,(H,18,21). The van der Waals surface area contributed by atoms with Crippen molar-refractivity contribution < 1.29 is 4.42 Å². The van der Waals surface area contributed by atoms with Gasteiger partial charge in [-0.3, -0.25) is 4.98 Å². The smallest absolute Gasteiger partial charge is 0.284 e. The molecule has 0 bridgehead atoms. The zero-order valence-corrected chi connectivity index (χ0v) is 12.4. The van der Waals surface area contributed by atoms with Crippen molar-refractivity contribution in [2.75, 3.05) is 13.6 Å². The summed E-state index contributed by atoms with van der Waals surface area (Å²) in [6, 6.07) is 8.09. The van der Waals surface area contributed by atoms with E-state index in [9.17, 15) is 0 Å². The van der Waals surface area contributed by atoms with Crippen LogP contribution in [-0.2, 0) is 13.0 Å². The molecule has 0 saturated heterocycles. The molecule has 21 heavy (non-hydrogen) atoms. The summed E-state index contributed by atoms with van der Waals surface area (Å²) in [6.07, 6.45) is 0.939. The van der Waals surface area contributed by atoms with Crippen molar-refractivity contribution in [2.45, 2.75) is 13.0 Å². The van der Waals surface area contributed by atoms with Gasteiger partial charge in [-0.1, -0.05) is 18.2 Å². The second-order valence-corrected chi connectivity index (χ2v) is 5.71. The zero-order valence-electron chi connectivity index (χ0n) is 11.6. The van der Waals surface area contributed by atoms with Crippen LogP contribution in [-0.4, -0.2) is 33.7 Å². The number of likely N-dealkylation sites (N-methyl/N-ethyl adjacent to an activating group) is 1. The Kier molecular flexibility index (Phi) is 2.87. The molecule has 1 aliphatic heterocycles. The minimum absolute atomic E-state index is 0.295. The number of aromatic nitrogens is 3. The molecule has 0 amide bonds. The highest BCUT2D eigenvalue weighted by Crippen LogP contribution is 2.34. The topological polar surface area (TPSA) is 58.0 Å². The summed E-state index contributed by atoms with van der Waals surface area (Å²) < 4.78 is 5.58. The van der Waals surface area contributed by atoms with Crippen LogP contribution in [0.15, 0.2) is 28.7 Å². The molecule has 0 spiro atoms. The number of rotatable bonds is 1. The summed E-state index contributed by atoms with van der Waals surface area (Å²) in [5, 5.41) is 7.99. The van der Waals surface area contributed by atoms with Gasteiger partial charge in [-0.2, -0.15) is 0 Å². The second-order valence-electron chi connectivity index (χ2n) is 5.34. The summed E-state index contributed by atoms with van der Waals surface area (Å²) in [7, 11) is 2.11. The SMILES string of the molecule is CN1CCc2nc3ccccc3c(-c3n[nH]c(=S)o3)c2C1. The monoisotopic (exact) mass is 298 g/mol. The molecule has 5 nitrogen and oxygen atoms in total. The Morgan fingerprint density at radius 2 is 2.19 bits per heavy atom. The maximum Gasteiger partial charge on any atom is 0.284 e. The molecule has 0 fully saturated rings. The van der Waals surface area contributed by atoms with Gasteiger partial charge >= 0.3 is 0 Å². The van der Waals surface area contributed by atoms with Crippen molar-refractivity contribution in [3.05, 3.63) is 40.4 Å². The molecule has 3 aromatic rings. The van der Waals surface area contributed by atoms with Crippen LogP contribution >= 0.6 is 12.2 Å². The van der Waals surface area contributed by atoms with Gasteiger partial charge in [0.15, 0.2) is 0 Å². The molecule has 1 N–H and O–H groups in total. The average molecular weight is 298 g/mol. The molecule has 1 aromatic carbocycles. The van der Waals surface area contributed by atoms with E-state index >= 15 is 0 Å². The van der Waals surface area contributed by atoms with E-state index in [1.54, 1.807) is 0 Å². The third-order valence-corrected chi connectivity index (χ3v) is 4.06. The van der Waals surface area contributed by atoms with Gasteiger partial charge in [-0.25, -0.2) is 5.10 Å². The number of fused-ring (bicyclic) bond motifs is 2. The molecular weight excluding hydrogens is 284 g/mol. The van der Waals surface area contributed by atoms with Crippen molar-refractivity contribution in [1.29, 1.82) is 0 Å². The molecule has 106 valence electrons. The molecule has 6 heteroatoms. The molecule has 0 aliphatic carbocycles. The van der Waals surface area contributed by atoms with Gasteiger partial charge in [-0.05, 0) is 25.3 Å². The normalized spacial score (nSPS) is 15.3. The third-order valence-electron chi connectivity index (χ3n) is 3.89. The van der Waals surface area contributed by atoms with Crippen LogP contribution in [0.2, 0.25) is 0 Å². The van der Waals surface area contributed by atoms with Gasteiger partial charge < -0.3 is 9.32 Å². The first kappa shape index (κ1) is 12.7. The van der Waals surface area contributed by atoms with Crippen molar-refractivity contribution in [3.63, 3.8) is 0 Å². The first-order valence-corrected chi connectivity index (χ1v) is 7.28. The van der Waals surface area contributed by atoms with E-state index in [1.807, 2.05) is 18.2 Å². The second kappa shape index (κ2) is 4.75. The van der Waals surface area contributed by atoms with Crippen LogP contribution < -0.4 is 0 Å². The van der Waals surface area contributed by atoms with Gasteiger partial charge in [0.2, 0.25) is 5.89 Å². The summed E-state index contributed by atoms with van der Waals surface area (Å²) >= 11 is 5.02. The number of benzene rings is 1. The van der Waals surface area contributed by atoms with Crippen LogP contribution in [0.5, 0.6) is 0 Å². The minimum atomic E-state index is 0.295. The Bertz CT molecular complexity index is 883. The van der Waals surface area contributed by atoms with E-state index in [2.05, 4.69) is 28.2 Å². The molecule has 2 aromatic heterocycles. The van der Waals surface area contributed by atoms with Crippen LogP contribution in [0, 0.1) is 4.84 Å². The molecule has 0 atom stereocenters. The molecule has 1 aliphatic rings. The van der Waals surface area contributed by atoms with E-state index in [4.69, 9.17) is 21.6 Å². The largest absolute Gasteiger partial charge is 0.409 e. The van der Waals surface area contributed by atoms with Crippen LogP contribution in [0.25, 0.3) is 22.4 Å². The lowest BCUT2D eigenvalue weighted by Gasteiger charge is -2.26. The van der Waals surface area contributed by atoms with Gasteiger partial charge in [0.05, 0.1) is 11.1 Å². The van der Waals surface area contributed by atoms with Gasteiger partial charge in [-0.15, -0.1) is 5.10 Å². The van der Waals surface area contributed by atoms with Crippen LogP contribution in [0.4, 0.5) is 0 Å². The summed E-state index contributed by atoms with van der Waals surface area (Å²) in [5.41, 5.74) is 4.30. The number of pyridine rings is 1. The fraction of sp³-hybridized carbons (Fsp3) is 0.267. The van der Waals surface area contributed by atoms with E-state index < -0.39 is 0 Å². The highest BCUT2D eigenvalue weighted by Gasteiger charge is 2.23. The Morgan fingerprint density at radius 3 is 3.00 bits per heavy atom. The summed E-state index contributed by atoms with van der Waals surface area (Å²) in [5.74, 6) is 0.546. The van der Waals surface area contributed by atoms with E-state index in [-0.39, 0.29) is 0 Å². The lowest BCUT2D eigenvalue weighted by molar-refractivity contribution is 0.310. The molecule has 3 heterocycles. The van der Waals surface area contributed by atoms with E-state index in [1.165, 1.54) is 5.56 Å². The first-order valence-electron chi connectivity index (χ1n) is 6.87. The van der Waals surface area contributed by atoms with Gasteiger partial charge in [0.25, 0.3) is 4.84 Å². The fourth-order valence-corrected chi connectivity index (χ4v) is 3.03. The number of hydrogen-bond acceptors (Lipinski definition) is 5. The zero-order chi connectivity index (χ0) is 14.4. The van der Waals surface area contributed by atoms with Crippen molar-refractivity contribution in [2.24, 2.45) is 0 Å². The highest BCUT2D eigenvalue weighted by molar-refractivity contribution is 7.71. The Balaban J connectivity index is 2.09. The van der Waals surface area contributed by atoms with Crippen molar-refractivity contribution >= 4 is 23.1 Å². The number of para-hydroxylation sites is 1. The summed E-state index contributed by atoms with van der Waals surface area (Å²) in [4.78, 5) is 7.39. The molecule has 0 saturated carbocycles. The maximum atomic E-state index is 5.58. The van der Waals surface area contributed by atoms with Gasteiger partial charge in [0.1, 0.15) is 0 Å². The fourth-order valence-electron chi connectivity index (χ4n) is 2.91. The molecular formula is C15H14N4OS. The Morgan fingerprint density at radius 1 is 1.33 bits per heavy atom. The first-order chi connectivity index (χ1) is 10.2. The predicted octanol–water partition coefficient (Wildman–Crippen LogP) is 2.94. The molecule has 0 unspecified atom stereocenters. The maximum absolute atomic E-state index is 5.58. The number of hydrogen-bond donors (Lipinski definition) is 1. The molecule has 4 rings (SSSR count). The minimum Gasteiger partial charge on any atom is -0.409 e. The molecule has 0 radical (unpaired) electrons. The third kappa shape index (κ3) is 2.07. The quantitative estimate of drug-likeness (QED) is 0.700. The van der Waals surface area contributed by atoms with E-state index in [0.29, 0.717) is 10.7 Å². The summed E-state index contributed by atoms with van der Waals surface area (Å²) in [6.45, 7) is 1.86. The lowest BCUT2D eigenvalue weighted by Crippen LogP contribution is -2.28. The van der Waals surface area contributed by atoms with Crippen molar-refractivity contribution in [3.8, 4) is 11.5 Å². The number of H-pyrrole nitrogens is 1. The lowest BCUT2D eigenvalue weighted by atomic mass is 9.96. The average Bonchev–Trinajstić information content (AvgIpc) is 2.91. The Labute approximate surface area is 126 Å². The predicted molar refractivity (Wildman–Crippen MR) is 82.5 cm³/mol. The number of nitrogens with one attached hydrogen (secondary N) is 1. The van der Waals surface area contributed by atoms with Crippen molar-refractivity contribution in [1.82, 2.24) is 20.1 Å². The van der Waals surface area contributed by atoms with Gasteiger partial charge in [0, 0.05) is 36.2 Å². The number of aromatic amines is 1. The van der Waals surface area contributed by atoms with Crippen LogP contribution in [0.1, 0.15) is 11.3 Å². The Hall–Kier alpha value is -2.05. The van der Waals surface area contributed by atoms with E-state index in [0.717, 1.165) is 41.7 Å². The number of nitrogens with zero attached hydrogens (tertiary/aromatic N) is 3. The highest BCUT2D eigenvalue weighted by atomic mass is 32.1.